The van der Waals surface area contributed by atoms with E-state index in [1.165, 1.54) is 67.7 Å². The highest BCUT2D eigenvalue weighted by atomic mass is 32.2. The summed E-state index contributed by atoms with van der Waals surface area (Å²) in [7, 11) is -1.75. The maximum absolute atomic E-state index is 15.1. The monoisotopic (exact) mass is 679 g/mol. The third-order valence-electron chi connectivity index (χ3n) is 7.91. The van der Waals surface area contributed by atoms with Crippen LogP contribution in [-0.2, 0) is 32.6 Å². The lowest BCUT2D eigenvalue weighted by Gasteiger charge is -2.34. The molecule has 0 aliphatic heterocycles. The van der Waals surface area contributed by atoms with E-state index in [1.807, 2.05) is 32.0 Å². The summed E-state index contributed by atoms with van der Waals surface area (Å²) < 4.78 is 69.0. The molecule has 4 aromatic carbocycles. The molecule has 48 heavy (non-hydrogen) atoms. The highest BCUT2D eigenvalue weighted by Gasteiger charge is 2.35. The van der Waals surface area contributed by atoms with Gasteiger partial charge < -0.3 is 19.7 Å². The fourth-order valence-corrected chi connectivity index (χ4v) is 6.48. The molecule has 4 rings (SSSR count). The molecular weight excluding hydrogens is 640 g/mol. The molecule has 254 valence electrons. The van der Waals surface area contributed by atoms with Gasteiger partial charge in [0.25, 0.3) is 10.0 Å². The highest BCUT2D eigenvalue weighted by Crippen LogP contribution is 2.32. The number of rotatable bonds is 15. The van der Waals surface area contributed by atoms with Crippen molar-refractivity contribution in [2.24, 2.45) is 0 Å². The molecule has 4 aromatic rings. The predicted molar refractivity (Wildman–Crippen MR) is 179 cm³/mol. The van der Waals surface area contributed by atoms with Gasteiger partial charge in [-0.15, -0.1) is 0 Å². The van der Waals surface area contributed by atoms with Gasteiger partial charge in [-0.1, -0.05) is 55.5 Å². The number of methoxy groups -OCH3 is 2. The number of carbonyl (C=O) groups excluding carboxylic acids is 2. The first-order valence-corrected chi connectivity index (χ1v) is 16.8. The smallest absolute Gasteiger partial charge is 0.264 e. The van der Waals surface area contributed by atoms with Crippen LogP contribution >= 0.6 is 0 Å². The van der Waals surface area contributed by atoms with E-state index < -0.39 is 46.1 Å². The molecule has 0 heterocycles. The number of hydrogen-bond acceptors (Lipinski definition) is 6. The first kappa shape index (κ1) is 35.9. The SMILES string of the molecule is CC[C@@H](C)NC(=O)[C@@H](Cc1ccccc1)N(Cc1ccccc1F)C(=O)CN(c1ccc(F)cc1)S(=O)(=O)c1ccc(OC)c(OC)c1. The Morgan fingerprint density at radius 1 is 0.854 bits per heavy atom. The minimum absolute atomic E-state index is 0.00552. The summed E-state index contributed by atoms with van der Waals surface area (Å²) in [6, 6.07) is 22.1. The van der Waals surface area contributed by atoms with Gasteiger partial charge in [-0.2, -0.15) is 0 Å². The summed E-state index contributed by atoms with van der Waals surface area (Å²) in [5.41, 5.74) is 0.867. The second-order valence-corrected chi connectivity index (χ2v) is 13.0. The van der Waals surface area contributed by atoms with Gasteiger partial charge in [0.05, 0.1) is 24.8 Å². The van der Waals surface area contributed by atoms with E-state index in [9.17, 15) is 22.4 Å². The van der Waals surface area contributed by atoms with Crippen LogP contribution in [0.1, 0.15) is 31.4 Å². The maximum atomic E-state index is 15.1. The molecule has 0 spiro atoms. The molecule has 0 fully saturated rings. The van der Waals surface area contributed by atoms with Crippen molar-refractivity contribution in [1.82, 2.24) is 10.2 Å². The summed E-state index contributed by atoms with van der Waals surface area (Å²) >= 11 is 0. The Hall–Kier alpha value is -4.97. The lowest BCUT2D eigenvalue weighted by atomic mass is 10.0. The molecule has 0 aliphatic rings. The normalized spacial score (nSPS) is 12.5. The van der Waals surface area contributed by atoms with Crippen LogP contribution in [0.25, 0.3) is 0 Å². The van der Waals surface area contributed by atoms with E-state index in [2.05, 4.69) is 5.32 Å². The van der Waals surface area contributed by atoms with Crippen LogP contribution in [0.2, 0.25) is 0 Å². The van der Waals surface area contributed by atoms with Gasteiger partial charge in [0.2, 0.25) is 11.8 Å². The van der Waals surface area contributed by atoms with Gasteiger partial charge in [-0.3, -0.25) is 13.9 Å². The molecule has 12 heteroatoms. The van der Waals surface area contributed by atoms with Crippen LogP contribution in [0.3, 0.4) is 0 Å². The third kappa shape index (κ3) is 8.68. The van der Waals surface area contributed by atoms with Crippen molar-refractivity contribution in [2.45, 2.75) is 50.2 Å². The second-order valence-electron chi connectivity index (χ2n) is 11.1. The average molecular weight is 680 g/mol. The van der Waals surface area contributed by atoms with Crippen molar-refractivity contribution < 1.29 is 36.3 Å². The summed E-state index contributed by atoms with van der Waals surface area (Å²) in [5, 5.41) is 2.93. The average Bonchev–Trinajstić information content (AvgIpc) is 3.09. The molecule has 0 aromatic heterocycles. The topological polar surface area (TPSA) is 105 Å². The number of hydrogen-bond donors (Lipinski definition) is 1. The largest absolute Gasteiger partial charge is 0.493 e. The molecular formula is C36H39F2N3O6S. The zero-order chi connectivity index (χ0) is 34.8. The summed E-state index contributed by atoms with van der Waals surface area (Å²) in [5.74, 6) is -2.05. The first-order valence-electron chi connectivity index (χ1n) is 15.4. The van der Waals surface area contributed by atoms with Crippen LogP contribution in [-0.4, -0.2) is 58.0 Å². The zero-order valence-corrected chi connectivity index (χ0v) is 28.0. The van der Waals surface area contributed by atoms with Crippen LogP contribution in [0.5, 0.6) is 11.5 Å². The van der Waals surface area contributed by atoms with Gasteiger partial charge in [0.15, 0.2) is 11.5 Å². The molecule has 0 unspecified atom stereocenters. The summed E-state index contributed by atoms with van der Waals surface area (Å²) in [6.45, 7) is 2.61. The van der Waals surface area contributed by atoms with Crippen molar-refractivity contribution in [2.75, 3.05) is 25.1 Å². The van der Waals surface area contributed by atoms with Crippen molar-refractivity contribution in [3.8, 4) is 11.5 Å². The maximum Gasteiger partial charge on any atom is 0.264 e. The van der Waals surface area contributed by atoms with E-state index in [-0.39, 0.29) is 46.7 Å². The van der Waals surface area contributed by atoms with Gasteiger partial charge in [0, 0.05) is 30.6 Å². The molecule has 0 aliphatic carbocycles. The molecule has 0 radical (unpaired) electrons. The Balaban J connectivity index is 1.84. The quantitative estimate of drug-likeness (QED) is 0.172. The minimum Gasteiger partial charge on any atom is -0.493 e. The number of ether oxygens (including phenoxy) is 2. The van der Waals surface area contributed by atoms with Crippen LogP contribution in [0.15, 0.2) is 102 Å². The molecule has 9 nitrogen and oxygen atoms in total. The Labute approximate surface area is 280 Å². The number of anilines is 1. The van der Waals surface area contributed by atoms with E-state index in [1.54, 1.807) is 18.2 Å². The molecule has 2 atom stereocenters. The van der Waals surface area contributed by atoms with Gasteiger partial charge in [-0.05, 0) is 61.4 Å². The molecule has 0 saturated heterocycles. The van der Waals surface area contributed by atoms with Gasteiger partial charge in [0.1, 0.15) is 24.2 Å². The second kappa shape index (κ2) is 16.2. The van der Waals surface area contributed by atoms with Gasteiger partial charge in [-0.25, -0.2) is 17.2 Å². The summed E-state index contributed by atoms with van der Waals surface area (Å²) in [4.78, 5) is 29.4. The number of halogens is 2. The highest BCUT2D eigenvalue weighted by molar-refractivity contribution is 7.92. The Kier molecular flexibility index (Phi) is 12.1. The lowest BCUT2D eigenvalue weighted by molar-refractivity contribution is -0.140. The Morgan fingerprint density at radius 3 is 2.12 bits per heavy atom. The standard InChI is InChI=1S/C36H39F2N3O6S/c1-5-25(2)39-36(43)32(21-26-11-7-6-8-12-26)40(23-27-13-9-10-14-31(27)38)35(42)24-41(29-17-15-28(37)16-18-29)48(44,45)30-19-20-33(46-3)34(22-30)47-4/h6-20,22,25,32H,5,21,23-24H2,1-4H3,(H,39,43)/t25-,32-/m1/s1. The van der Waals surface area contributed by atoms with Crippen molar-refractivity contribution in [3.05, 3.63) is 120 Å². The fraction of sp³-hybridized carbons (Fsp3) is 0.278. The number of amides is 2. The van der Waals surface area contributed by atoms with Crippen molar-refractivity contribution in [3.63, 3.8) is 0 Å². The van der Waals surface area contributed by atoms with Crippen LogP contribution in [0.4, 0.5) is 14.5 Å². The van der Waals surface area contributed by atoms with Gasteiger partial charge >= 0.3 is 0 Å². The third-order valence-corrected chi connectivity index (χ3v) is 9.68. The number of sulfonamides is 1. The molecule has 0 saturated carbocycles. The minimum atomic E-state index is -4.51. The first-order chi connectivity index (χ1) is 23.0. The lowest BCUT2D eigenvalue weighted by Crippen LogP contribution is -2.54. The number of nitrogens with one attached hydrogen (secondary N) is 1. The molecule has 1 N–H and O–H groups in total. The fourth-order valence-electron chi connectivity index (χ4n) is 5.05. The number of benzene rings is 4. The Bertz CT molecular complexity index is 1810. The van der Waals surface area contributed by atoms with E-state index in [0.717, 1.165) is 22.0 Å². The molecule has 0 bridgehead atoms. The zero-order valence-electron chi connectivity index (χ0n) is 27.2. The predicted octanol–water partition coefficient (Wildman–Crippen LogP) is 5.73. The van der Waals surface area contributed by atoms with E-state index >= 15 is 4.39 Å². The van der Waals surface area contributed by atoms with Crippen molar-refractivity contribution in [1.29, 1.82) is 0 Å². The number of carbonyl (C=O) groups is 2. The van der Waals surface area contributed by atoms with Crippen LogP contribution < -0.4 is 19.1 Å². The number of nitrogens with zero attached hydrogens (tertiary/aromatic N) is 2. The Morgan fingerprint density at radius 2 is 1.50 bits per heavy atom. The van der Waals surface area contributed by atoms with Crippen LogP contribution in [0, 0.1) is 11.6 Å². The van der Waals surface area contributed by atoms with E-state index in [4.69, 9.17) is 9.47 Å². The molecule has 2 amide bonds. The van der Waals surface area contributed by atoms with Crippen molar-refractivity contribution >= 4 is 27.5 Å². The van der Waals surface area contributed by atoms with E-state index in [0.29, 0.717) is 6.42 Å². The summed E-state index contributed by atoms with van der Waals surface area (Å²) in [6.07, 6.45) is 0.690.